The van der Waals surface area contributed by atoms with Crippen LogP contribution >= 0.6 is 0 Å². The van der Waals surface area contributed by atoms with Gasteiger partial charge in [-0.2, -0.15) is 0 Å². The molecule has 0 atom stereocenters. The summed E-state index contributed by atoms with van der Waals surface area (Å²) < 4.78 is 2.90. The van der Waals surface area contributed by atoms with Crippen LogP contribution in [0.1, 0.15) is 49.9 Å². The Kier molecular flexibility index (Phi) is 8.10. The van der Waals surface area contributed by atoms with Crippen LogP contribution in [-0.2, 0) is 10.8 Å². The van der Waals surface area contributed by atoms with Crippen molar-refractivity contribution in [1.29, 1.82) is 0 Å². The van der Waals surface area contributed by atoms with Gasteiger partial charge in [-0.15, -0.1) is 0 Å². The van der Waals surface area contributed by atoms with Crippen LogP contribution in [0.15, 0.2) is 198 Å². The average molecular weight is 790 g/mol. The Balaban J connectivity index is 1.08. The van der Waals surface area contributed by atoms with E-state index < -0.39 is 5.69 Å². The number of fused-ring (bicyclic) bond motifs is 7. The maximum absolute atomic E-state index is 14.3. The van der Waals surface area contributed by atoms with Crippen molar-refractivity contribution in [2.24, 2.45) is 0 Å². The molecule has 5 heteroatoms. The number of anilines is 3. The first-order valence-electron chi connectivity index (χ1n) is 20.9. The lowest BCUT2D eigenvalue weighted by atomic mass is 9.82. The molecule has 61 heavy (non-hydrogen) atoms. The molecule has 1 aromatic heterocycles. The first-order valence-corrected chi connectivity index (χ1v) is 20.9. The Morgan fingerprint density at radius 1 is 0.426 bits per heavy atom. The van der Waals surface area contributed by atoms with Crippen LogP contribution in [0, 0.1) is 0 Å². The monoisotopic (exact) mass is 789 g/mol. The zero-order valence-corrected chi connectivity index (χ0v) is 34.6. The molecule has 0 fully saturated rings. The fourth-order valence-corrected chi connectivity index (χ4v) is 10.1. The van der Waals surface area contributed by atoms with Crippen LogP contribution in [0.3, 0.4) is 0 Å². The fourth-order valence-electron chi connectivity index (χ4n) is 10.1. The Bertz CT molecular complexity index is 3340. The van der Waals surface area contributed by atoms with Gasteiger partial charge in [0.05, 0.1) is 28.0 Å². The highest BCUT2D eigenvalue weighted by Gasteiger charge is 2.39. The Morgan fingerprint density at radius 3 is 1.67 bits per heavy atom. The quantitative estimate of drug-likeness (QED) is 0.169. The van der Waals surface area contributed by atoms with Crippen molar-refractivity contribution in [2.75, 3.05) is 4.90 Å². The second-order valence-corrected chi connectivity index (χ2v) is 17.3. The zero-order chi connectivity index (χ0) is 41.6. The number of nitrogens with zero attached hydrogens (tertiary/aromatic N) is 3. The summed E-state index contributed by atoms with van der Waals surface area (Å²) in [4.78, 5) is 30.9. The second-order valence-electron chi connectivity index (χ2n) is 17.3. The van der Waals surface area contributed by atoms with Crippen molar-refractivity contribution in [1.82, 2.24) is 9.13 Å². The maximum Gasteiger partial charge on any atom is 0.340 e. The zero-order valence-electron chi connectivity index (χ0n) is 34.6. The van der Waals surface area contributed by atoms with Crippen LogP contribution in [0.4, 0.5) is 17.1 Å². The molecule has 8 aromatic carbocycles. The van der Waals surface area contributed by atoms with Gasteiger partial charge in [0, 0.05) is 27.8 Å². The van der Waals surface area contributed by atoms with Crippen LogP contribution in [0.5, 0.6) is 0 Å². The van der Waals surface area contributed by atoms with Crippen molar-refractivity contribution in [3.63, 3.8) is 0 Å². The van der Waals surface area contributed by atoms with Crippen LogP contribution in [0.25, 0.3) is 55.7 Å². The summed E-state index contributed by atoms with van der Waals surface area (Å²) in [5, 5.41) is 0.457. The standard InChI is InChI=1S/C56H43N3O2/c1-55(2)47-23-14-12-21-44(47)52-48(55)24-15-25-51(52)57(41-31-32-43-42-20-11-13-22-46(42)56(3,4)49(43)35-41)40-29-26-36(27-30-40)37-28-33-50-45(34-37)53(60)59(39-18-9-6-10-19-39)54(61)58(50)38-16-7-5-8-17-38/h5-35H,1-4H3. The number of benzene rings is 8. The molecule has 9 aromatic rings. The lowest BCUT2D eigenvalue weighted by Gasteiger charge is -2.30. The van der Waals surface area contributed by atoms with E-state index in [1.54, 1.807) is 16.7 Å². The molecular weight excluding hydrogens is 747 g/mol. The minimum absolute atomic E-state index is 0.153. The molecule has 2 aliphatic carbocycles. The second kappa shape index (κ2) is 13.5. The first-order chi connectivity index (χ1) is 29.6. The van der Waals surface area contributed by atoms with Gasteiger partial charge in [-0.05, 0) is 117 Å². The average Bonchev–Trinajstić information content (AvgIpc) is 3.67. The van der Waals surface area contributed by atoms with Crippen LogP contribution in [0.2, 0.25) is 0 Å². The van der Waals surface area contributed by atoms with Crippen molar-refractivity contribution in [2.45, 2.75) is 38.5 Å². The molecule has 11 rings (SSSR count). The summed E-state index contributed by atoms with van der Waals surface area (Å²) in [5.41, 5.74) is 16.2. The van der Waals surface area contributed by atoms with Crippen molar-refractivity contribution < 1.29 is 0 Å². The third kappa shape index (κ3) is 5.47. The van der Waals surface area contributed by atoms with Gasteiger partial charge in [-0.25, -0.2) is 9.36 Å². The van der Waals surface area contributed by atoms with Gasteiger partial charge in [0.1, 0.15) is 0 Å². The molecule has 0 radical (unpaired) electrons. The minimum Gasteiger partial charge on any atom is -0.310 e. The molecule has 0 bridgehead atoms. The molecule has 2 aliphatic rings. The van der Waals surface area contributed by atoms with E-state index in [1.807, 2.05) is 66.7 Å². The summed E-state index contributed by atoms with van der Waals surface area (Å²) in [6.45, 7) is 9.31. The molecule has 0 unspecified atom stereocenters. The number of hydrogen-bond donors (Lipinski definition) is 0. The number of rotatable bonds is 6. The van der Waals surface area contributed by atoms with E-state index in [4.69, 9.17) is 0 Å². The predicted molar refractivity (Wildman–Crippen MR) is 250 cm³/mol. The van der Waals surface area contributed by atoms with E-state index in [-0.39, 0.29) is 16.4 Å². The SMILES string of the molecule is CC1(C)c2ccccc2-c2ccc(N(c3ccc(-c4ccc5c(c4)c(=O)n(-c4ccccc4)c(=O)n5-c4ccccc4)cc3)c3cccc4c3-c3ccccc3C4(C)C)cc21. The van der Waals surface area contributed by atoms with Crippen molar-refractivity contribution >= 4 is 28.0 Å². The highest BCUT2D eigenvalue weighted by atomic mass is 16.2. The Hall–Kier alpha value is -7.50. The summed E-state index contributed by atoms with van der Waals surface area (Å²) in [6.07, 6.45) is 0. The van der Waals surface area contributed by atoms with E-state index in [0.717, 1.165) is 28.2 Å². The van der Waals surface area contributed by atoms with Crippen molar-refractivity contribution in [3.8, 4) is 44.8 Å². The summed E-state index contributed by atoms with van der Waals surface area (Å²) in [7, 11) is 0. The molecule has 294 valence electrons. The topological polar surface area (TPSA) is 47.2 Å². The molecule has 0 spiro atoms. The van der Waals surface area contributed by atoms with Gasteiger partial charge < -0.3 is 4.90 Å². The summed E-state index contributed by atoms with van der Waals surface area (Å²) in [6, 6.07) is 64.4. The van der Waals surface area contributed by atoms with Gasteiger partial charge in [-0.1, -0.05) is 149 Å². The van der Waals surface area contributed by atoms with E-state index in [0.29, 0.717) is 22.3 Å². The molecule has 0 aliphatic heterocycles. The molecule has 1 heterocycles. The minimum atomic E-state index is -0.413. The van der Waals surface area contributed by atoms with E-state index in [2.05, 4.69) is 142 Å². The number of hydrogen-bond acceptors (Lipinski definition) is 3. The smallest absolute Gasteiger partial charge is 0.310 e. The Labute approximate surface area is 355 Å². The molecule has 0 saturated heterocycles. The van der Waals surface area contributed by atoms with Gasteiger partial charge >= 0.3 is 5.69 Å². The van der Waals surface area contributed by atoms with Gasteiger partial charge in [-0.3, -0.25) is 9.36 Å². The lowest BCUT2D eigenvalue weighted by Crippen LogP contribution is -2.38. The highest BCUT2D eigenvalue weighted by Crippen LogP contribution is 2.55. The largest absolute Gasteiger partial charge is 0.340 e. The molecule has 0 amide bonds. The fraction of sp³-hybridized carbons (Fsp3) is 0.107. The molecular formula is C56H43N3O2. The number of aromatic nitrogens is 2. The van der Waals surface area contributed by atoms with E-state index in [9.17, 15) is 9.59 Å². The maximum atomic E-state index is 14.3. The highest BCUT2D eigenvalue weighted by molar-refractivity contribution is 5.96. The molecule has 0 saturated carbocycles. The Morgan fingerprint density at radius 2 is 0.967 bits per heavy atom. The molecule has 5 nitrogen and oxygen atoms in total. The summed E-state index contributed by atoms with van der Waals surface area (Å²) >= 11 is 0. The number of para-hydroxylation sites is 2. The van der Waals surface area contributed by atoms with E-state index in [1.165, 1.54) is 49.1 Å². The predicted octanol–water partition coefficient (Wildman–Crippen LogP) is 12.9. The summed E-state index contributed by atoms with van der Waals surface area (Å²) in [5.74, 6) is 0. The van der Waals surface area contributed by atoms with Crippen LogP contribution in [-0.4, -0.2) is 9.13 Å². The third-order valence-electron chi connectivity index (χ3n) is 13.2. The normalized spacial score (nSPS) is 14.0. The molecule has 0 N–H and O–H groups in total. The third-order valence-corrected chi connectivity index (χ3v) is 13.2. The van der Waals surface area contributed by atoms with E-state index >= 15 is 0 Å². The van der Waals surface area contributed by atoms with Gasteiger partial charge in [0.25, 0.3) is 5.56 Å². The van der Waals surface area contributed by atoms with Crippen LogP contribution < -0.4 is 16.1 Å². The van der Waals surface area contributed by atoms with Gasteiger partial charge in [0.2, 0.25) is 0 Å². The first kappa shape index (κ1) is 36.6. The van der Waals surface area contributed by atoms with Gasteiger partial charge in [0.15, 0.2) is 0 Å². The van der Waals surface area contributed by atoms with Crippen molar-refractivity contribution in [3.05, 3.63) is 231 Å². The lowest BCUT2D eigenvalue weighted by molar-refractivity contribution is 0.660.